The van der Waals surface area contributed by atoms with Gasteiger partial charge in [-0.1, -0.05) is 36.4 Å². The molecule has 29 heavy (non-hydrogen) atoms. The summed E-state index contributed by atoms with van der Waals surface area (Å²) in [6.45, 7) is 1.19. The Bertz CT molecular complexity index is 989. The van der Waals surface area contributed by atoms with E-state index < -0.39 is 17.7 Å². The normalized spacial score (nSPS) is 21.2. The Kier molecular flexibility index (Phi) is 4.84. The maximum atomic E-state index is 13.1. The number of imide groups is 1. The first-order chi connectivity index (χ1) is 13.9. The molecule has 150 valence electrons. The second kappa shape index (κ2) is 7.33. The van der Waals surface area contributed by atoms with Crippen LogP contribution in [0.2, 0.25) is 0 Å². The summed E-state index contributed by atoms with van der Waals surface area (Å²) in [5.41, 5.74) is 1.35. The Labute approximate surface area is 168 Å². The van der Waals surface area contributed by atoms with Crippen LogP contribution in [0.5, 0.6) is 5.75 Å². The third kappa shape index (κ3) is 3.38. The van der Waals surface area contributed by atoms with Crippen LogP contribution in [-0.4, -0.2) is 47.0 Å². The summed E-state index contributed by atoms with van der Waals surface area (Å²) in [4.78, 5) is 38.1. The number of nitrogens with one attached hydrogen (secondary N) is 1. The highest BCUT2D eigenvalue weighted by Crippen LogP contribution is 2.41. The number of amides is 3. The number of urea groups is 1. The number of aryl methyl sites for hydroxylation is 1. The number of fused-ring (bicyclic) bond motifs is 2. The molecule has 2 aromatic carbocycles. The van der Waals surface area contributed by atoms with Gasteiger partial charge in [0.15, 0.2) is 5.78 Å². The molecular weight excluding hydrogens is 372 g/mol. The largest absolute Gasteiger partial charge is 0.491 e. The van der Waals surface area contributed by atoms with Gasteiger partial charge in [0.2, 0.25) is 0 Å². The molecule has 4 rings (SSSR count). The van der Waals surface area contributed by atoms with Gasteiger partial charge in [0.05, 0.1) is 6.54 Å². The lowest BCUT2D eigenvalue weighted by atomic mass is 9.92. The Balaban J connectivity index is 1.42. The molecule has 1 aliphatic carbocycles. The molecule has 7 nitrogen and oxygen atoms in total. The Morgan fingerprint density at radius 1 is 1.24 bits per heavy atom. The fourth-order valence-electron chi connectivity index (χ4n) is 4.02. The van der Waals surface area contributed by atoms with E-state index in [1.165, 1.54) is 6.92 Å². The SMILES string of the molecule is CC(=O)c1cccc(OC[C@H](O)CN2C(=O)N[C@]3(CCc4ccccc43)C2=O)c1. The number of hydrogen-bond donors (Lipinski definition) is 2. The minimum absolute atomic E-state index is 0.0857. The fourth-order valence-corrected chi connectivity index (χ4v) is 4.02. The summed E-state index contributed by atoms with van der Waals surface area (Å²) in [5, 5.41) is 13.2. The lowest BCUT2D eigenvalue weighted by molar-refractivity contribution is -0.132. The maximum absolute atomic E-state index is 13.1. The zero-order valence-corrected chi connectivity index (χ0v) is 16.1. The minimum atomic E-state index is -1.06. The first kappa shape index (κ1) is 19.1. The molecule has 0 unspecified atom stereocenters. The zero-order chi connectivity index (χ0) is 20.6. The lowest BCUT2D eigenvalue weighted by Crippen LogP contribution is -2.43. The van der Waals surface area contributed by atoms with Crippen molar-refractivity contribution in [1.82, 2.24) is 10.2 Å². The molecule has 7 heteroatoms. The number of ketones is 1. The van der Waals surface area contributed by atoms with E-state index in [1.54, 1.807) is 24.3 Å². The van der Waals surface area contributed by atoms with Crippen molar-refractivity contribution in [3.8, 4) is 5.75 Å². The minimum Gasteiger partial charge on any atom is -0.491 e. The van der Waals surface area contributed by atoms with Crippen molar-refractivity contribution in [3.05, 3.63) is 65.2 Å². The summed E-state index contributed by atoms with van der Waals surface area (Å²) >= 11 is 0. The van der Waals surface area contributed by atoms with E-state index in [4.69, 9.17) is 4.74 Å². The number of carbonyl (C=O) groups excluding carboxylic acids is 3. The van der Waals surface area contributed by atoms with Crippen molar-refractivity contribution < 1.29 is 24.2 Å². The third-order valence-electron chi connectivity index (χ3n) is 5.50. The second-order valence-corrected chi connectivity index (χ2v) is 7.46. The van der Waals surface area contributed by atoms with Gasteiger partial charge in [-0.2, -0.15) is 0 Å². The Hall–Kier alpha value is -3.19. The topological polar surface area (TPSA) is 95.9 Å². The van der Waals surface area contributed by atoms with Gasteiger partial charge in [-0.05, 0) is 43.0 Å². The number of hydrogen-bond acceptors (Lipinski definition) is 5. The van der Waals surface area contributed by atoms with E-state index in [-0.39, 0.29) is 24.8 Å². The van der Waals surface area contributed by atoms with Crippen molar-refractivity contribution in [3.63, 3.8) is 0 Å². The van der Waals surface area contributed by atoms with Gasteiger partial charge < -0.3 is 15.2 Å². The number of benzene rings is 2. The summed E-state index contributed by atoms with van der Waals surface area (Å²) in [5.74, 6) is 0.0118. The number of rotatable bonds is 6. The number of aliphatic hydroxyl groups excluding tert-OH is 1. The van der Waals surface area contributed by atoms with Crippen molar-refractivity contribution in [2.24, 2.45) is 0 Å². The average Bonchev–Trinajstić information content (AvgIpc) is 3.20. The fraction of sp³-hybridized carbons (Fsp3) is 0.318. The summed E-state index contributed by atoms with van der Waals surface area (Å²) in [6, 6.07) is 13.7. The maximum Gasteiger partial charge on any atom is 0.325 e. The molecular formula is C22H22N2O5. The van der Waals surface area contributed by atoms with Crippen molar-refractivity contribution in [1.29, 1.82) is 0 Å². The smallest absolute Gasteiger partial charge is 0.325 e. The molecule has 3 amide bonds. The molecule has 0 aromatic heterocycles. The van der Waals surface area contributed by atoms with E-state index in [0.717, 1.165) is 16.0 Å². The van der Waals surface area contributed by atoms with Gasteiger partial charge in [-0.3, -0.25) is 14.5 Å². The molecule has 1 aliphatic heterocycles. The Morgan fingerprint density at radius 2 is 2.03 bits per heavy atom. The predicted octanol–water partition coefficient (Wildman–Crippen LogP) is 2.02. The van der Waals surface area contributed by atoms with E-state index >= 15 is 0 Å². The Morgan fingerprint density at radius 3 is 2.83 bits per heavy atom. The molecule has 1 fully saturated rings. The number of β-amino-alcohol motifs (C(OH)–C–C–N with tert-alkyl or cyclic N) is 1. The standard InChI is InChI=1S/C22H22N2O5/c1-14(25)16-6-4-7-18(11-16)29-13-17(26)12-24-20(27)22(23-21(24)28)10-9-15-5-2-3-8-19(15)22/h2-8,11,17,26H,9-10,12-13H2,1H3,(H,23,28)/t17-,22+/m1/s1. The van der Waals surface area contributed by atoms with E-state index in [9.17, 15) is 19.5 Å². The highest BCUT2D eigenvalue weighted by molar-refractivity contribution is 6.08. The lowest BCUT2D eigenvalue weighted by Gasteiger charge is -2.23. The van der Waals surface area contributed by atoms with Crippen LogP contribution in [0, 0.1) is 0 Å². The number of aliphatic hydroxyl groups is 1. The summed E-state index contributed by atoms with van der Waals surface area (Å²) in [6.07, 6.45) is 0.170. The second-order valence-electron chi connectivity index (χ2n) is 7.46. The molecule has 2 aliphatic rings. The van der Waals surface area contributed by atoms with Crippen LogP contribution in [0.15, 0.2) is 48.5 Å². The number of ether oxygens (including phenoxy) is 1. The highest BCUT2D eigenvalue weighted by atomic mass is 16.5. The van der Waals surface area contributed by atoms with Crippen LogP contribution >= 0.6 is 0 Å². The molecule has 0 bridgehead atoms. The van der Waals surface area contributed by atoms with E-state index in [2.05, 4.69) is 5.32 Å². The van der Waals surface area contributed by atoms with E-state index in [1.807, 2.05) is 24.3 Å². The molecule has 1 saturated heterocycles. The zero-order valence-electron chi connectivity index (χ0n) is 16.1. The van der Waals surface area contributed by atoms with Crippen molar-refractivity contribution >= 4 is 17.7 Å². The van der Waals surface area contributed by atoms with Gasteiger partial charge in [-0.25, -0.2) is 4.79 Å². The first-order valence-corrected chi connectivity index (χ1v) is 9.55. The molecule has 2 atom stereocenters. The van der Waals surface area contributed by atoms with Crippen LogP contribution < -0.4 is 10.1 Å². The molecule has 0 radical (unpaired) electrons. The number of carbonyl (C=O) groups is 3. The molecule has 2 N–H and O–H groups in total. The summed E-state index contributed by atoms with van der Waals surface area (Å²) in [7, 11) is 0. The van der Waals surface area contributed by atoms with Crippen molar-refractivity contribution in [2.45, 2.75) is 31.4 Å². The average molecular weight is 394 g/mol. The van der Waals surface area contributed by atoms with Gasteiger partial charge in [-0.15, -0.1) is 0 Å². The van der Waals surface area contributed by atoms with Crippen molar-refractivity contribution in [2.75, 3.05) is 13.2 Å². The third-order valence-corrected chi connectivity index (χ3v) is 5.50. The van der Waals surface area contributed by atoms with Crippen LogP contribution in [0.1, 0.15) is 34.8 Å². The van der Waals surface area contributed by atoms with Crippen LogP contribution in [0.25, 0.3) is 0 Å². The monoisotopic (exact) mass is 394 g/mol. The molecule has 0 saturated carbocycles. The summed E-state index contributed by atoms with van der Waals surface area (Å²) < 4.78 is 5.54. The highest BCUT2D eigenvalue weighted by Gasteiger charge is 2.55. The number of Topliss-reactive ketones (excluding diaryl/α,β-unsaturated/α-hetero) is 1. The van der Waals surface area contributed by atoms with Gasteiger partial charge in [0.1, 0.15) is 24.0 Å². The van der Waals surface area contributed by atoms with Crippen LogP contribution in [-0.2, 0) is 16.8 Å². The molecule has 1 heterocycles. The molecule has 1 spiro atoms. The van der Waals surface area contributed by atoms with Gasteiger partial charge >= 0.3 is 6.03 Å². The van der Waals surface area contributed by atoms with Gasteiger partial charge in [0, 0.05) is 5.56 Å². The number of nitrogens with zero attached hydrogens (tertiary/aromatic N) is 1. The van der Waals surface area contributed by atoms with Crippen LogP contribution in [0.3, 0.4) is 0 Å². The van der Waals surface area contributed by atoms with Gasteiger partial charge in [0.25, 0.3) is 5.91 Å². The van der Waals surface area contributed by atoms with Crippen LogP contribution in [0.4, 0.5) is 4.79 Å². The predicted molar refractivity (Wildman–Crippen MR) is 105 cm³/mol. The van der Waals surface area contributed by atoms with E-state index in [0.29, 0.717) is 24.2 Å². The first-order valence-electron chi connectivity index (χ1n) is 9.55. The quantitative estimate of drug-likeness (QED) is 0.577. The molecule has 2 aromatic rings.